The molecule has 0 saturated carbocycles. The molecule has 0 spiro atoms. The fourth-order valence-corrected chi connectivity index (χ4v) is 0.841. The maximum atomic E-state index is 11.2. The van der Waals surface area contributed by atoms with Gasteiger partial charge in [-0.3, -0.25) is 4.79 Å². The zero-order valence-electron chi connectivity index (χ0n) is 7.37. The molecule has 0 fully saturated rings. The van der Waals surface area contributed by atoms with Gasteiger partial charge in [0.05, 0.1) is 0 Å². The standard InChI is InChI=1S/C7H13NO3S/c1-4-5-6(9)7(2,3)12(8,10)11/h4-5H,1-3H3,(H2,8,10,11)/b5-4+. The fraction of sp³-hybridized carbons (Fsp3) is 0.571. The quantitative estimate of drug-likeness (QED) is 0.647. The highest BCUT2D eigenvalue weighted by molar-refractivity contribution is 7.91. The first-order chi connectivity index (χ1) is 5.23. The van der Waals surface area contributed by atoms with Crippen LogP contribution in [0.3, 0.4) is 0 Å². The van der Waals surface area contributed by atoms with Crippen molar-refractivity contribution in [3.05, 3.63) is 12.2 Å². The van der Waals surface area contributed by atoms with Gasteiger partial charge in [-0.1, -0.05) is 6.08 Å². The Morgan fingerprint density at radius 2 is 1.83 bits per heavy atom. The maximum Gasteiger partial charge on any atom is 0.221 e. The third-order valence-electron chi connectivity index (χ3n) is 1.62. The smallest absolute Gasteiger partial charge is 0.221 e. The number of hydrogen-bond donors (Lipinski definition) is 1. The molecule has 0 aromatic rings. The molecule has 0 aliphatic heterocycles. The predicted octanol–water partition coefficient (Wildman–Crippen LogP) is 0.199. The molecule has 0 heterocycles. The Kier molecular flexibility index (Phi) is 3.17. The van der Waals surface area contributed by atoms with Crippen molar-refractivity contribution in [1.82, 2.24) is 0 Å². The van der Waals surface area contributed by atoms with E-state index in [0.717, 1.165) is 0 Å². The van der Waals surface area contributed by atoms with E-state index in [2.05, 4.69) is 0 Å². The molecule has 0 rings (SSSR count). The SMILES string of the molecule is C/C=C/C(=O)C(C)(C)S(N)(=O)=O. The molecule has 0 aliphatic carbocycles. The lowest BCUT2D eigenvalue weighted by Crippen LogP contribution is -2.44. The highest BCUT2D eigenvalue weighted by Crippen LogP contribution is 2.14. The van der Waals surface area contributed by atoms with Gasteiger partial charge in [-0.25, -0.2) is 13.6 Å². The first-order valence-electron chi connectivity index (χ1n) is 3.43. The van der Waals surface area contributed by atoms with Gasteiger partial charge in [0.15, 0.2) is 5.78 Å². The first-order valence-corrected chi connectivity index (χ1v) is 4.97. The number of sulfonamides is 1. The number of allylic oxidation sites excluding steroid dienone is 2. The fourth-order valence-electron chi connectivity index (χ4n) is 0.492. The highest BCUT2D eigenvalue weighted by atomic mass is 32.2. The van der Waals surface area contributed by atoms with E-state index in [9.17, 15) is 13.2 Å². The summed E-state index contributed by atoms with van der Waals surface area (Å²) in [5, 5.41) is 4.86. The maximum absolute atomic E-state index is 11.2. The van der Waals surface area contributed by atoms with Gasteiger partial charge in [0.1, 0.15) is 4.75 Å². The van der Waals surface area contributed by atoms with Crippen LogP contribution in [0.5, 0.6) is 0 Å². The number of hydrogen-bond acceptors (Lipinski definition) is 3. The Hall–Kier alpha value is -0.680. The van der Waals surface area contributed by atoms with Crippen molar-refractivity contribution >= 4 is 15.8 Å². The Morgan fingerprint density at radius 1 is 1.42 bits per heavy atom. The van der Waals surface area contributed by atoms with E-state index in [1.54, 1.807) is 6.92 Å². The van der Waals surface area contributed by atoms with Crippen molar-refractivity contribution in [2.75, 3.05) is 0 Å². The van der Waals surface area contributed by atoms with E-state index in [1.165, 1.54) is 26.0 Å². The molecule has 0 aliphatic rings. The van der Waals surface area contributed by atoms with Crippen molar-refractivity contribution in [2.24, 2.45) is 5.14 Å². The number of carbonyl (C=O) groups is 1. The summed E-state index contributed by atoms with van der Waals surface area (Å²) < 4.78 is 20.3. The third-order valence-corrected chi connectivity index (χ3v) is 3.25. The van der Waals surface area contributed by atoms with Crippen molar-refractivity contribution in [3.63, 3.8) is 0 Å². The van der Waals surface area contributed by atoms with E-state index in [0.29, 0.717) is 0 Å². The molecule has 5 heteroatoms. The van der Waals surface area contributed by atoms with E-state index < -0.39 is 20.6 Å². The summed E-state index contributed by atoms with van der Waals surface area (Å²) in [6, 6.07) is 0. The second-order valence-electron chi connectivity index (χ2n) is 2.92. The molecular weight excluding hydrogens is 178 g/mol. The Morgan fingerprint density at radius 3 is 2.08 bits per heavy atom. The minimum absolute atomic E-state index is 0.507. The van der Waals surface area contributed by atoms with Crippen molar-refractivity contribution < 1.29 is 13.2 Å². The van der Waals surface area contributed by atoms with Gasteiger partial charge in [-0.05, 0) is 26.8 Å². The summed E-state index contributed by atoms with van der Waals surface area (Å²) >= 11 is 0. The second kappa shape index (κ2) is 3.37. The molecule has 0 aromatic carbocycles. The largest absolute Gasteiger partial charge is 0.293 e. The van der Waals surface area contributed by atoms with Crippen molar-refractivity contribution in [1.29, 1.82) is 0 Å². The molecule has 0 atom stereocenters. The Bertz CT molecular complexity index is 301. The molecule has 0 aromatic heterocycles. The van der Waals surface area contributed by atoms with Crippen LogP contribution in [0.4, 0.5) is 0 Å². The Balaban J connectivity index is 5.01. The van der Waals surface area contributed by atoms with Gasteiger partial charge in [0.25, 0.3) is 0 Å². The van der Waals surface area contributed by atoms with Gasteiger partial charge >= 0.3 is 0 Å². The molecule has 0 amide bonds. The number of primary sulfonamides is 1. The zero-order chi connectivity index (χ0) is 9.99. The molecule has 0 saturated heterocycles. The Labute approximate surface area is 72.5 Å². The van der Waals surface area contributed by atoms with Crippen LogP contribution in [-0.2, 0) is 14.8 Å². The monoisotopic (exact) mass is 191 g/mol. The number of ketones is 1. The van der Waals surface area contributed by atoms with E-state index in [-0.39, 0.29) is 0 Å². The second-order valence-corrected chi connectivity index (χ2v) is 5.03. The van der Waals surface area contributed by atoms with Crippen molar-refractivity contribution in [2.45, 2.75) is 25.5 Å². The van der Waals surface area contributed by atoms with Gasteiger partial charge < -0.3 is 0 Å². The van der Waals surface area contributed by atoms with Gasteiger partial charge in [-0.15, -0.1) is 0 Å². The summed E-state index contributed by atoms with van der Waals surface area (Å²) in [7, 11) is -3.82. The minimum atomic E-state index is -3.82. The van der Waals surface area contributed by atoms with E-state index in [1.807, 2.05) is 0 Å². The normalized spacial score (nSPS) is 13.7. The van der Waals surface area contributed by atoms with E-state index in [4.69, 9.17) is 5.14 Å². The van der Waals surface area contributed by atoms with Crippen LogP contribution >= 0.6 is 0 Å². The van der Waals surface area contributed by atoms with E-state index >= 15 is 0 Å². The predicted molar refractivity (Wildman–Crippen MR) is 47.0 cm³/mol. The van der Waals surface area contributed by atoms with Gasteiger partial charge in [0.2, 0.25) is 10.0 Å². The summed E-state index contributed by atoms with van der Waals surface area (Å²) in [5.74, 6) is -0.507. The molecule has 0 bridgehead atoms. The van der Waals surface area contributed by atoms with Gasteiger partial charge in [-0.2, -0.15) is 0 Å². The lowest BCUT2D eigenvalue weighted by atomic mass is 10.1. The first kappa shape index (κ1) is 11.3. The van der Waals surface area contributed by atoms with Crippen LogP contribution < -0.4 is 5.14 Å². The summed E-state index contributed by atoms with van der Waals surface area (Å²) in [6.45, 7) is 4.20. The number of nitrogens with two attached hydrogens (primary N) is 1. The van der Waals surface area contributed by atoms with Gasteiger partial charge in [0, 0.05) is 0 Å². The summed E-state index contributed by atoms with van der Waals surface area (Å²) in [6.07, 6.45) is 2.68. The molecule has 0 unspecified atom stereocenters. The van der Waals surface area contributed by atoms with Crippen LogP contribution in [-0.4, -0.2) is 18.9 Å². The topological polar surface area (TPSA) is 77.2 Å². The third kappa shape index (κ3) is 2.15. The molecule has 2 N–H and O–H groups in total. The molecule has 70 valence electrons. The summed E-state index contributed by atoms with van der Waals surface area (Å²) in [4.78, 5) is 11.2. The average Bonchev–Trinajstić information content (AvgIpc) is 1.85. The molecule has 12 heavy (non-hydrogen) atoms. The van der Waals surface area contributed by atoms with Crippen LogP contribution in [0.1, 0.15) is 20.8 Å². The molecule has 4 nitrogen and oxygen atoms in total. The average molecular weight is 191 g/mol. The molecular formula is C7H13NO3S. The number of carbonyl (C=O) groups excluding carboxylic acids is 1. The van der Waals surface area contributed by atoms with Crippen LogP contribution in [0.2, 0.25) is 0 Å². The van der Waals surface area contributed by atoms with Crippen molar-refractivity contribution in [3.8, 4) is 0 Å². The molecule has 0 radical (unpaired) electrons. The lowest BCUT2D eigenvalue weighted by molar-refractivity contribution is -0.116. The number of rotatable bonds is 3. The zero-order valence-corrected chi connectivity index (χ0v) is 8.18. The highest BCUT2D eigenvalue weighted by Gasteiger charge is 2.37. The minimum Gasteiger partial charge on any atom is -0.293 e. The van der Waals surface area contributed by atoms with Crippen LogP contribution in [0.25, 0.3) is 0 Å². The lowest BCUT2D eigenvalue weighted by Gasteiger charge is -2.17. The van der Waals surface area contributed by atoms with Crippen LogP contribution in [0.15, 0.2) is 12.2 Å². The van der Waals surface area contributed by atoms with Crippen LogP contribution in [0, 0.1) is 0 Å². The summed E-state index contributed by atoms with van der Waals surface area (Å²) in [5.41, 5.74) is 0.